The lowest BCUT2D eigenvalue weighted by Crippen LogP contribution is -2.16. The highest BCUT2D eigenvalue weighted by molar-refractivity contribution is 7.89. The maximum atomic E-state index is 12.4. The van der Waals surface area contributed by atoms with Crippen molar-refractivity contribution in [2.45, 2.75) is 43.7 Å². The van der Waals surface area contributed by atoms with Crippen LogP contribution >= 0.6 is 0 Å². The van der Waals surface area contributed by atoms with E-state index >= 15 is 0 Å². The molecular formula is C13H19NO3S. The van der Waals surface area contributed by atoms with Gasteiger partial charge in [-0.3, -0.25) is 0 Å². The molecular weight excluding hydrogens is 250 g/mol. The number of aliphatic hydroxyl groups is 1. The van der Waals surface area contributed by atoms with Crippen LogP contribution in [0.2, 0.25) is 0 Å². The fraction of sp³-hybridized carbons (Fsp3) is 0.538. The Bertz CT molecular complexity index is 510. The van der Waals surface area contributed by atoms with E-state index in [-0.39, 0.29) is 18.7 Å². The second kappa shape index (κ2) is 4.99. The molecule has 2 rings (SSSR count). The molecule has 0 bridgehead atoms. The van der Waals surface area contributed by atoms with Crippen LogP contribution in [0.15, 0.2) is 29.2 Å². The van der Waals surface area contributed by atoms with Crippen molar-refractivity contribution in [3.8, 4) is 0 Å². The van der Waals surface area contributed by atoms with Crippen molar-refractivity contribution in [2.75, 3.05) is 6.61 Å². The predicted molar refractivity (Wildman–Crippen MR) is 69.8 cm³/mol. The van der Waals surface area contributed by atoms with E-state index in [1.807, 2.05) is 13.8 Å². The Kier molecular flexibility index (Phi) is 3.75. The van der Waals surface area contributed by atoms with Crippen molar-refractivity contribution in [1.82, 2.24) is 4.31 Å². The largest absolute Gasteiger partial charge is 0.396 e. The summed E-state index contributed by atoms with van der Waals surface area (Å²) in [4.78, 5) is 0.340. The van der Waals surface area contributed by atoms with Gasteiger partial charge in [-0.25, -0.2) is 8.42 Å². The Hall–Kier alpha value is -0.910. The molecule has 4 nitrogen and oxygen atoms in total. The maximum Gasteiger partial charge on any atom is 0.243 e. The molecule has 1 N–H and O–H groups in total. The lowest BCUT2D eigenvalue weighted by molar-refractivity contribution is 0.284. The van der Waals surface area contributed by atoms with Crippen LogP contribution in [0.5, 0.6) is 0 Å². The molecule has 1 unspecified atom stereocenters. The quantitative estimate of drug-likeness (QED) is 0.825. The van der Waals surface area contributed by atoms with Crippen molar-refractivity contribution in [1.29, 1.82) is 0 Å². The zero-order valence-electron chi connectivity index (χ0n) is 10.7. The first-order valence-corrected chi connectivity index (χ1v) is 7.67. The molecule has 0 aliphatic carbocycles. The van der Waals surface area contributed by atoms with Gasteiger partial charge in [0.05, 0.1) is 4.90 Å². The van der Waals surface area contributed by atoms with Crippen molar-refractivity contribution in [3.05, 3.63) is 29.8 Å². The topological polar surface area (TPSA) is 57.4 Å². The third kappa shape index (κ3) is 2.30. The molecule has 0 amide bonds. The number of hydrogen-bond donors (Lipinski definition) is 1. The first-order valence-electron chi connectivity index (χ1n) is 6.23. The van der Waals surface area contributed by atoms with Crippen molar-refractivity contribution in [3.63, 3.8) is 0 Å². The average molecular weight is 269 g/mol. The van der Waals surface area contributed by atoms with Crippen LogP contribution in [-0.2, 0) is 10.0 Å². The van der Waals surface area contributed by atoms with Crippen LogP contribution in [0.3, 0.4) is 0 Å². The first-order chi connectivity index (χ1) is 8.52. The summed E-state index contributed by atoms with van der Waals surface area (Å²) < 4.78 is 26.3. The molecule has 1 aromatic carbocycles. The molecule has 0 spiro atoms. The zero-order valence-corrected chi connectivity index (χ0v) is 11.5. The van der Waals surface area contributed by atoms with Crippen LogP contribution in [0.4, 0.5) is 0 Å². The Balaban J connectivity index is 2.24. The molecule has 1 fully saturated rings. The van der Waals surface area contributed by atoms with Gasteiger partial charge in [-0.15, -0.1) is 0 Å². The van der Waals surface area contributed by atoms with Crippen molar-refractivity contribution < 1.29 is 13.5 Å². The summed E-state index contributed by atoms with van der Waals surface area (Å²) in [6.45, 7) is 3.93. The molecule has 1 aromatic rings. The molecule has 3 atom stereocenters. The smallest absolute Gasteiger partial charge is 0.243 e. The Morgan fingerprint density at radius 2 is 1.83 bits per heavy atom. The van der Waals surface area contributed by atoms with E-state index in [1.54, 1.807) is 24.3 Å². The van der Waals surface area contributed by atoms with Gasteiger partial charge in [-0.1, -0.05) is 24.6 Å². The molecule has 1 aliphatic heterocycles. The standard InChI is InChI=1S/C13H19NO3S/c1-3-12-13(8-9-15)14(12)18(16,17)11-6-4-10(2)5-7-11/h4-7,12-13,15H,3,8-9H2,1-2H3/t12-,13-,14?/m0/s1. The molecule has 1 heterocycles. The number of rotatable bonds is 5. The first kappa shape index (κ1) is 13.5. The highest BCUT2D eigenvalue weighted by atomic mass is 32.2. The summed E-state index contributed by atoms with van der Waals surface area (Å²) in [6, 6.07) is 6.91. The Labute approximate surface area is 108 Å². The Morgan fingerprint density at radius 3 is 2.33 bits per heavy atom. The SMILES string of the molecule is CC[C@H]1[C@H](CCO)N1S(=O)(=O)c1ccc(C)cc1. The number of benzene rings is 1. The minimum atomic E-state index is -3.39. The summed E-state index contributed by atoms with van der Waals surface area (Å²) >= 11 is 0. The molecule has 0 aromatic heterocycles. The zero-order chi connectivity index (χ0) is 13.3. The van der Waals surface area contributed by atoms with Gasteiger partial charge in [-0.05, 0) is 31.9 Å². The average Bonchev–Trinajstić information content (AvgIpc) is 3.04. The van der Waals surface area contributed by atoms with E-state index in [4.69, 9.17) is 5.11 Å². The highest BCUT2D eigenvalue weighted by Gasteiger charge is 2.53. The van der Waals surface area contributed by atoms with Gasteiger partial charge in [0.25, 0.3) is 0 Å². The van der Waals surface area contributed by atoms with E-state index in [1.165, 1.54) is 4.31 Å². The summed E-state index contributed by atoms with van der Waals surface area (Å²) in [5, 5.41) is 8.96. The predicted octanol–water partition coefficient (Wildman–Crippen LogP) is 1.53. The van der Waals surface area contributed by atoms with E-state index in [0.29, 0.717) is 11.3 Å². The fourth-order valence-electron chi connectivity index (χ4n) is 2.40. The number of nitrogens with zero attached hydrogens (tertiary/aromatic N) is 1. The number of aryl methyl sites for hydroxylation is 1. The van der Waals surface area contributed by atoms with Gasteiger partial charge in [0.1, 0.15) is 0 Å². The monoisotopic (exact) mass is 269 g/mol. The van der Waals surface area contributed by atoms with E-state index in [0.717, 1.165) is 12.0 Å². The fourth-order valence-corrected chi connectivity index (χ4v) is 4.32. The van der Waals surface area contributed by atoms with E-state index in [2.05, 4.69) is 0 Å². The third-order valence-corrected chi connectivity index (χ3v) is 5.41. The Morgan fingerprint density at radius 1 is 1.22 bits per heavy atom. The van der Waals surface area contributed by atoms with E-state index in [9.17, 15) is 8.42 Å². The number of hydrogen-bond acceptors (Lipinski definition) is 3. The van der Waals surface area contributed by atoms with Gasteiger partial charge < -0.3 is 5.11 Å². The minimum Gasteiger partial charge on any atom is -0.396 e. The van der Waals surface area contributed by atoms with Crippen LogP contribution < -0.4 is 0 Å². The summed E-state index contributed by atoms with van der Waals surface area (Å²) in [5.41, 5.74) is 1.04. The number of sulfonamides is 1. The lowest BCUT2D eigenvalue weighted by atomic mass is 10.2. The molecule has 1 saturated heterocycles. The van der Waals surface area contributed by atoms with Crippen LogP contribution in [0.1, 0.15) is 25.3 Å². The van der Waals surface area contributed by atoms with Crippen molar-refractivity contribution in [2.24, 2.45) is 0 Å². The summed E-state index contributed by atoms with van der Waals surface area (Å²) in [6.07, 6.45) is 1.30. The maximum absolute atomic E-state index is 12.4. The molecule has 100 valence electrons. The number of aliphatic hydroxyl groups excluding tert-OH is 1. The molecule has 0 radical (unpaired) electrons. The summed E-state index contributed by atoms with van der Waals surface area (Å²) in [7, 11) is -3.39. The van der Waals surface area contributed by atoms with Crippen molar-refractivity contribution >= 4 is 10.0 Å². The molecule has 0 saturated carbocycles. The van der Waals surface area contributed by atoms with Gasteiger partial charge in [-0.2, -0.15) is 4.31 Å². The minimum absolute atomic E-state index is 0.0289. The second-order valence-electron chi connectivity index (χ2n) is 4.70. The van der Waals surface area contributed by atoms with Gasteiger partial charge in [0.2, 0.25) is 10.0 Å². The lowest BCUT2D eigenvalue weighted by Gasteiger charge is -2.06. The second-order valence-corrected chi connectivity index (χ2v) is 6.55. The molecule has 5 heteroatoms. The third-order valence-electron chi connectivity index (χ3n) is 3.45. The van der Waals surface area contributed by atoms with Gasteiger partial charge in [0.15, 0.2) is 0 Å². The molecule has 1 aliphatic rings. The normalized spacial score (nSPS) is 27.2. The van der Waals surface area contributed by atoms with E-state index < -0.39 is 10.0 Å². The van der Waals surface area contributed by atoms with Crippen LogP contribution in [-0.4, -0.2) is 36.5 Å². The summed E-state index contributed by atoms with van der Waals surface area (Å²) in [5.74, 6) is 0. The van der Waals surface area contributed by atoms with Gasteiger partial charge in [0, 0.05) is 18.7 Å². The molecule has 18 heavy (non-hydrogen) atoms. The van der Waals surface area contributed by atoms with Crippen LogP contribution in [0.25, 0.3) is 0 Å². The highest BCUT2D eigenvalue weighted by Crippen LogP contribution is 2.39. The van der Waals surface area contributed by atoms with Crippen LogP contribution in [0, 0.1) is 6.92 Å². The van der Waals surface area contributed by atoms with Gasteiger partial charge >= 0.3 is 0 Å².